The third-order valence-electron chi connectivity index (χ3n) is 2.40. The monoisotopic (exact) mass is 269 g/mol. The summed E-state index contributed by atoms with van der Waals surface area (Å²) in [6.07, 6.45) is 2.75. The van der Waals surface area contributed by atoms with Crippen molar-refractivity contribution < 1.29 is 17.6 Å². The van der Waals surface area contributed by atoms with Crippen LogP contribution in [0.2, 0.25) is 0 Å². The molecule has 1 heterocycles. The Morgan fingerprint density at radius 2 is 1.35 bits per heavy atom. The summed E-state index contributed by atoms with van der Waals surface area (Å²) in [4.78, 5) is 2.49. The van der Waals surface area contributed by atoms with Crippen LogP contribution in [0, 0.1) is 23.5 Å². The van der Waals surface area contributed by atoms with Gasteiger partial charge in [0.1, 0.15) is 0 Å². The summed E-state index contributed by atoms with van der Waals surface area (Å²) < 4.78 is 51.8. The number of rotatable bonds is 6. The van der Waals surface area contributed by atoms with Gasteiger partial charge in [0.2, 0.25) is 0 Å². The molecule has 17 heavy (non-hydrogen) atoms. The lowest BCUT2D eigenvalue weighted by atomic mass is 10.1. The minimum atomic E-state index is -1.60. The molecule has 0 aliphatic rings. The fraction of sp³-hybridized carbons (Fsp3) is 0.545. The van der Waals surface area contributed by atoms with Crippen LogP contribution in [0.3, 0.4) is 0 Å². The summed E-state index contributed by atoms with van der Waals surface area (Å²) in [7, 11) is 0. The molecule has 0 unspecified atom stereocenters. The summed E-state index contributed by atoms with van der Waals surface area (Å²) in [5.74, 6) is -5.47. The fourth-order valence-corrected chi connectivity index (χ4v) is 1.69. The van der Waals surface area contributed by atoms with Gasteiger partial charge < -0.3 is 0 Å². The Bertz CT molecular complexity index is 358. The maximum atomic E-state index is 13.2. The molecule has 0 saturated heterocycles. The Balaban J connectivity index is 2.64. The maximum Gasteiger partial charge on any atom is 0.252 e. The van der Waals surface area contributed by atoms with Crippen molar-refractivity contribution in [2.45, 2.75) is 32.1 Å². The highest BCUT2D eigenvalue weighted by atomic mass is 35.5. The van der Waals surface area contributed by atoms with Crippen molar-refractivity contribution in [1.29, 1.82) is 0 Å². The van der Waals surface area contributed by atoms with Crippen molar-refractivity contribution in [3.8, 4) is 0 Å². The van der Waals surface area contributed by atoms with Crippen molar-refractivity contribution in [1.82, 2.24) is 4.98 Å². The van der Waals surface area contributed by atoms with Crippen molar-refractivity contribution in [2.75, 3.05) is 5.88 Å². The minimum Gasteiger partial charge on any atom is -0.202 e. The highest BCUT2D eigenvalue weighted by Gasteiger charge is 2.19. The Morgan fingerprint density at radius 1 is 0.824 bits per heavy atom. The standard InChI is InChI=1S/C11H12ClF4N/c12-6-4-2-1-3-5-7-8(13)10(15)17-11(16)9(7)14/h1-6H2. The van der Waals surface area contributed by atoms with E-state index in [2.05, 4.69) is 4.98 Å². The fourth-order valence-electron chi connectivity index (χ4n) is 1.50. The average molecular weight is 270 g/mol. The summed E-state index contributed by atoms with van der Waals surface area (Å²) in [5.41, 5.74) is -0.569. The Morgan fingerprint density at radius 3 is 1.88 bits per heavy atom. The van der Waals surface area contributed by atoms with Gasteiger partial charge in [-0.3, -0.25) is 0 Å². The maximum absolute atomic E-state index is 13.2. The van der Waals surface area contributed by atoms with E-state index in [1.807, 2.05) is 0 Å². The van der Waals surface area contributed by atoms with Gasteiger partial charge in [0.15, 0.2) is 11.6 Å². The molecule has 1 rings (SSSR count). The van der Waals surface area contributed by atoms with Gasteiger partial charge in [-0.05, 0) is 19.3 Å². The van der Waals surface area contributed by atoms with E-state index < -0.39 is 29.1 Å². The third kappa shape index (κ3) is 3.84. The lowest BCUT2D eigenvalue weighted by molar-refractivity contribution is 0.393. The van der Waals surface area contributed by atoms with Crippen LogP contribution >= 0.6 is 11.6 Å². The number of hydrogen-bond donors (Lipinski definition) is 0. The minimum absolute atomic E-state index is 0.0453. The molecule has 1 aromatic heterocycles. The highest BCUT2D eigenvalue weighted by molar-refractivity contribution is 6.17. The molecule has 1 aromatic rings. The Kier molecular flexibility index (Phi) is 5.68. The van der Waals surface area contributed by atoms with Crippen LogP contribution in [0.1, 0.15) is 31.2 Å². The molecule has 1 nitrogen and oxygen atoms in total. The molecular weight excluding hydrogens is 258 g/mol. The highest BCUT2D eigenvalue weighted by Crippen LogP contribution is 2.19. The first kappa shape index (κ1) is 14.2. The van der Waals surface area contributed by atoms with Crippen molar-refractivity contribution >= 4 is 11.6 Å². The zero-order valence-electron chi connectivity index (χ0n) is 9.08. The number of unbranched alkanes of at least 4 members (excludes halogenated alkanes) is 3. The summed E-state index contributed by atoms with van der Waals surface area (Å²) in [6.45, 7) is 0. The van der Waals surface area contributed by atoms with Crippen LogP contribution < -0.4 is 0 Å². The molecule has 0 fully saturated rings. The molecule has 0 bridgehead atoms. The number of hydrogen-bond acceptors (Lipinski definition) is 1. The van der Waals surface area contributed by atoms with E-state index in [4.69, 9.17) is 11.6 Å². The second kappa shape index (κ2) is 6.79. The van der Waals surface area contributed by atoms with Crippen molar-refractivity contribution in [3.63, 3.8) is 0 Å². The van der Waals surface area contributed by atoms with Gasteiger partial charge in [-0.15, -0.1) is 11.6 Å². The van der Waals surface area contributed by atoms with Crippen LogP contribution in [0.25, 0.3) is 0 Å². The molecule has 0 saturated carbocycles. The van der Waals surface area contributed by atoms with E-state index in [1.54, 1.807) is 0 Å². The van der Waals surface area contributed by atoms with Gasteiger partial charge in [-0.25, -0.2) is 8.78 Å². The second-order valence-corrected chi connectivity index (χ2v) is 4.03. The molecule has 0 atom stereocenters. The first-order valence-corrected chi connectivity index (χ1v) is 5.86. The van der Waals surface area contributed by atoms with Crippen molar-refractivity contribution in [3.05, 3.63) is 29.1 Å². The predicted molar refractivity (Wildman–Crippen MR) is 57.0 cm³/mol. The number of pyridine rings is 1. The Labute approximate surface area is 102 Å². The zero-order valence-corrected chi connectivity index (χ0v) is 9.84. The van der Waals surface area contributed by atoms with E-state index >= 15 is 0 Å². The molecule has 0 N–H and O–H groups in total. The zero-order chi connectivity index (χ0) is 12.8. The topological polar surface area (TPSA) is 12.9 Å². The van der Waals surface area contributed by atoms with E-state index in [0.717, 1.165) is 12.8 Å². The first-order valence-electron chi connectivity index (χ1n) is 5.32. The van der Waals surface area contributed by atoms with Crippen LogP contribution in [-0.4, -0.2) is 10.9 Å². The van der Waals surface area contributed by atoms with Crippen LogP contribution in [0.15, 0.2) is 0 Å². The van der Waals surface area contributed by atoms with E-state index in [-0.39, 0.29) is 6.42 Å². The van der Waals surface area contributed by atoms with Gasteiger partial charge >= 0.3 is 0 Å². The van der Waals surface area contributed by atoms with E-state index in [1.165, 1.54) is 0 Å². The summed E-state index contributed by atoms with van der Waals surface area (Å²) in [6, 6.07) is 0. The average Bonchev–Trinajstić information content (AvgIpc) is 2.30. The number of aromatic nitrogens is 1. The number of nitrogens with zero attached hydrogens (tertiary/aromatic N) is 1. The molecule has 0 aromatic carbocycles. The molecule has 0 spiro atoms. The predicted octanol–water partition coefficient (Wildman–Crippen LogP) is 3.98. The van der Waals surface area contributed by atoms with Gasteiger partial charge in [-0.1, -0.05) is 12.8 Å². The van der Waals surface area contributed by atoms with Crippen LogP contribution in [0.5, 0.6) is 0 Å². The second-order valence-electron chi connectivity index (χ2n) is 3.65. The molecule has 6 heteroatoms. The van der Waals surface area contributed by atoms with Gasteiger partial charge in [0.05, 0.1) is 0 Å². The quantitative estimate of drug-likeness (QED) is 0.329. The molecule has 0 aliphatic carbocycles. The lowest BCUT2D eigenvalue weighted by Crippen LogP contribution is -2.06. The van der Waals surface area contributed by atoms with Crippen LogP contribution in [-0.2, 0) is 6.42 Å². The molecule has 0 aliphatic heterocycles. The SMILES string of the molecule is Fc1nc(F)c(F)c(CCCCCCCl)c1F. The summed E-state index contributed by atoms with van der Waals surface area (Å²) >= 11 is 5.46. The van der Waals surface area contributed by atoms with E-state index in [0.29, 0.717) is 18.7 Å². The van der Waals surface area contributed by atoms with Gasteiger partial charge in [0.25, 0.3) is 11.9 Å². The van der Waals surface area contributed by atoms with Crippen LogP contribution in [0.4, 0.5) is 17.6 Å². The van der Waals surface area contributed by atoms with Gasteiger partial charge in [-0.2, -0.15) is 13.8 Å². The lowest BCUT2D eigenvalue weighted by Gasteiger charge is -2.05. The number of halogens is 5. The number of alkyl halides is 1. The Hall–Kier alpha value is -0.840. The molecular formula is C11H12ClF4N. The smallest absolute Gasteiger partial charge is 0.202 e. The molecule has 0 amide bonds. The molecule has 0 radical (unpaired) electrons. The summed E-state index contributed by atoms with van der Waals surface area (Å²) in [5, 5.41) is 0. The molecule has 96 valence electrons. The van der Waals surface area contributed by atoms with E-state index in [9.17, 15) is 17.6 Å². The third-order valence-corrected chi connectivity index (χ3v) is 2.67. The van der Waals surface area contributed by atoms with Gasteiger partial charge in [0, 0.05) is 11.4 Å². The first-order chi connectivity index (χ1) is 8.07. The van der Waals surface area contributed by atoms with Crippen molar-refractivity contribution in [2.24, 2.45) is 0 Å². The normalized spacial score (nSPS) is 10.9. The largest absolute Gasteiger partial charge is 0.252 e.